The molecule has 1 aromatic heterocycles. The fourth-order valence-electron chi connectivity index (χ4n) is 2.88. The summed E-state index contributed by atoms with van der Waals surface area (Å²) >= 11 is 11.9. The van der Waals surface area contributed by atoms with Crippen molar-refractivity contribution >= 4 is 52.0 Å². The normalized spacial score (nSPS) is 10.9. The van der Waals surface area contributed by atoms with E-state index in [0.29, 0.717) is 21.5 Å². The molecule has 6 nitrogen and oxygen atoms in total. The van der Waals surface area contributed by atoms with Gasteiger partial charge in [-0.05, 0) is 60.2 Å². The van der Waals surface area contributed by atoms with Gasteiger partial charge in [-0.25, -0.2) is 4.79 Å². The maximum Gasteiger partial charge on any atom is 0.349 e. The summed E-state index contributed by atoms with van der Waals surface area (Å²) < 4.78 is 10.7. The Morgan fingerprint density at radius 2 is 1.84 bits per heavy atom. The smallest absolute Gasteiger partial charge is 0.349 e. The number of hydrazone groups is 1. The lowest BCUT2D eigenvalue weighted by Gasteiger charge is -2.08. The van der Waals surface area contributed by atoms with E-state index < -0.39 is 5.97 Å². The predicted octanol–water partition coefficient (Wildman–Crippen LogP) is 5.97. The lowest BCUT2D eigenvalue weighted by atomic mass is 10.2. The lowest BCUT2D eigenvalue weighted by molar-refractivity contribution is -0.136. The summed E-state index contributed by atoms with van der Waals surface area (Å²) in [6, 6.07) is 21.4. The second-order valence-electron chi connectivity index (χ2n) is 6.66. The number of carbonyl (C=O) groups excluding carboxylic acids is 1. The van der Waals surface area contributed by atoms with Crippen molar-refractivity contribution in [1.82, 2.24) is 4.98 Å². The SMILES string of the molecule is O=C(COc1ccc(Cl)cc1Cl)Oc1ccc(C=NNc2cccc3cccnc23)cc1. The zero-order valence-corrected chi connectivity index (χ0v) is 18.2. The summed E-state index contributed by atoms with van der Waals surface area (Å²) in [6.07, 6.45) is 3.41. The highest BCUT2D eigenvalue weighted by atomic mass is 35.5. The Morgan fingerprint density at radius 3 is 2.66 bits per heavy atom. The van der Waals surface area contributed by atoms with Gasteiger partial charge in [0.1, 0.15) is 11.5 Å². The van der Waals surface area contributed by atoms with Crippen molar-refractivity contribution in [3.8, 4) is 11.5 Å². The number of para-hydroxylation sites is 1. The largest absolute Gasteiger partial charge is 0.480 e. The molecule has 4 rings (SSSR count). The van der Waals surface area contributed by atoms with Crippen LogP contribution in [0.4, 0.5) is 5.69 Å². The number of nitrogens with zero attached hydrogens (tertiary/aromatic N) is 2. The molecule has 0 atom stereocenters. The number of rotatable bonds is 7. The Kier molecular flexibility index (Phi) is 6.84. The Labute approximate surface area is 194 Å². The van der Waals surface area contributed by atoms with Crippen molar-refractivity contribution < 1.29 is 14.3 Å². The van der Waals surface area contributed by atoms with Crippen LogP contribution in [-0.2, 0) is 4.79 Å². The van der Waals surface area contributed by atoms with E-state index in [1.165, 1.54) is 6.07 Å². The van der Waals surface area contributed by atoms with Gasteiger partial charge in [-0.2, -0.15) is 5.10 Å². The van der Waals surface area contributed by atoms with Crippen LogP contribution in [0.2, 0.25) is 10.0 Å². The van der Waals surface area contributed by atoms with Gasteiger partial charge in [-0.3, -0.25) is 10.4 Å². The van der Waals surface area contributed by atoms with Gasteiger partial charge in [0.25, 0.3) is 0 Å². The molecule has 1 heterocycles. The van der Waals surface area contributed by atoms with Crippen LogP contribution in [0.3, 0.4) is 0 Å². The van der Waals surface area contributed by atoms with Crippen molar-refractivity contribution in [2.45, 2.75) is 0 Å². The summed E-state index contributed by atoms with van der Waals surface area (Å²) in [5.41, 5.74) is 5.49. The molecule has 0 aliphatic carbocycles. The van der Waals surface area contributed by atoms with Crippen LogP contribution in [0.5, 0.6) is 11.5 Å². The number of pyridine rings is 1. The Hall–Kier alpha value is -3.61. The van der Waals surface area contributed by atoms with E-state index in [0.717, 1.165) is 22.2 Å². The first kappa shape index (κ1) is 21.6. The number of hydrogen-bond donors (Lipinski definition) is 1. The highest BCUT2D eigenvalue weighted by Crippen LogP contribution is 2.27. The van der Waals surface area contributed by atoms with Crippen LogP contribution in [0, 0.1) is 0 Å². The molecule has 160 valence electrons. The average molecular weight is 466 g/mol. The molecule has 0 bridgehead atoms. The fraction of sp³-hybridized carbons (Fsp3) is 0.0417. The number of hydrogen-bond acceptors (Lipinski definition) is 6. The first-order valence-electron chi connectivity index (χ1n) is 9.60. The standard InChI is InChI=1S/C24H17Cl2N3O3/c25-18-8-11-22(20(26)13-18)31-15-23(30)32-19-9-6-16(7-10-19)14-28-29-21-5-1-3-17-4-2-12-27-24(17)21/h1-14,29H,15H2. The van der Waals surface area contributed by atoms with Crippen LogP contribution in [0.25, 0.3) is 10.9 Å². The number of carbonyl (C=O) groups is 1. The number of benzene rings is 3. The number of halogens is 2. The van der Waals surface area contributed by atoms with Gasteiger partial charge in [-0.15, -0.1) is 0 Å². The number of ether oxygens (including phenoxy) is 2. The monoisotopic (exact) mass is 465 g/mol. The topological polar surface area (TPSA) is 72.8 Å². The molecule has 0 aliphatic heterocycles. The van der Waals surface area contributed by atoms with Gasteiger partial charge in [-0.1, -0.05) is 41.4 Å². The Balaban J connectivity index is 1.31. The highest BCUT2D eigenvalue weighted by Gasteiger charge is 2.09. The first-order valence-corrected chi connectivity index (χ1v) is 10.4. The molecule has 0 radical (unpaired) electrons. The van der Waals surface area contributed by atoms with E-state index >= 15 is 0 Å². The predicted molar refractivity (Wildman–Crippen MR) is 127 cm³/mol. The van der Waals surface area contributed by atoms with Gasteiger partial charge >= 0.3 is 5.97 Å². The number of esters is 1. The third-order valence-electron chi connectivity index (χ3n) is 4.38. The number of fused-ring (bicyclic) bond motifs is 1. The van der Waals surface area contributed by atoms with Gasteiger partial charge < -0.3 is 9.47 Å². The van der Waals surface area contributed by atoms with Crippen molar-refractivity contribution in [2.75, 3.05) is 12.0 Å². The Morgan fingerprint density at radius 1 is 1.03 bits per heavy atom. The molecule has 4 aromatic rings. The van der Waals surface area contributed by atoms with Crippen molar-refractivity contribution in [2.24, 2.45) is 5.10 Å². The third-order valence-corrected chi connectivity index (χ3v) is 4.91. The van der Waals surface area contributed by atoms with Crippen molar-refractivity contribution in [1.29, 1.82) is 0 Å². The van der Waals surface area contributed by atoms with E-state index in [-0.39, 0.29) is 6.61 Å². The fourth-order valence-corrected chi connectivity index (χ4v) is 3.35. The van der Waals surface area contributed by atoms with Gasteiger partial charge in [0.05, 0.1) is 22.4 Å². The number of aromatic nitrogens is 1. The minimum absolute atomic E-state index is 0.284. The minimum atomic E-state index is -0.553. The van der Waals surface area contributed by atoms with Crippen LogP contribution in [-0.4, -0.2) is 23.8 Å². The van der Waals surface area contributed by atoms with Crippen molar-refractivity contribution in [3.05, 3.63) is 94.6 Å². The second-order valence-corrected chi connectivity index (χ2v) is 7.50. The molecule has 0 saturated heterocycles. The maximum absolute atomic E-state index is 12.0. The molecule has 8 heteroatoms. The molecular formula is C24H17Cl2N3O3. The summed E-state index contributed by atoms with van der Waals surface area (Å²) in [7, 11) is 0. The summed E-state index contributed by atoms with van der Waals surface area (Å²) in [5.74, 6) is 0.195. The van der Waals surface area contributed by atoms with Crippen LogP contribution < -0.4 is 14.9 Å². The Bertz CT molecular complexity index is 1270. The molecule has 0 saturated carbocycles. The quantitative estimate of drug-likeness (QED) is 0.157. The number of nitrogens with one attached hydrogen (secondary N) is 1. The molecule has 0 unspecified atom stereocenters. The van der Waals surface area contributed by atoms with E-state index in [1.54, 1.807) is 48.8 Å². The zero-order chi connectivity index (χ0) is 22.3. The van der Waals surface area contributed by atoms with Crippen LogP contribution in [0.1, 0.15) is 5.56 Å². The second kappa shape index (κ2) is 10.1. The van der Waals surface area contributed by atoms with Gasteiger partial charge in [0, 0.05) is 16.6 Å². The molecule has 32 heavy (non-hydrogen) atoms. The third kappa shape index (κ3) is 5.55. The molecule has 1 N–H and O–H groups in total. The molecule has 3 aromatic carbocycles. The average Bonchev–Trinajstić information content (AvgIpc) is 2.80. The molecular weight excluding hydrogens is 449 g/mol. The first-order chi connectivity index (χ1) is 15.6. The van der Waals surface area contributed by atoms with Crippen LogP contribution >= 0.6 is 23.2 Å². The zero-order valence-electron chi connectivity index (χ0n) is 16.7. The molecule has 0 amide bonds. The lowest BCUT2D eigenvalue weighted by Crippen LogP contribution is -2.17. The minimum Gasteiger partial charge on any atom is -0.480 e. The molecule has 0 fully saturated rings. The number of anilines is 1. The van der Waals surface area contributed by atoms with Gasteiger partial charge in [0.15, 0.2) is 6.61 Å². The highest BCUT2D eigenvalue weighted by molar-refractivity contribution is 6.35. The van der Waals surface area contributed by atoms with E-state index in [1.807, 2.05) is 30.3 Å². The van der Waals surface area contributed by atoms with Gasteiger partial charge in [0.2, 0.25) is 0 Å². The summed E-state index contributed by atoms with van der Waals surface area (Å²) in [5, 5.41) is 6.10. The summed E-state index contributed by atoms with van der Waals surface area (Å²) in [4.78, 5) is 16.4. The van der Waals surface area contributed by atoms with E-state index in [2.05, 4.69) is 15.5 Å². The molecule has 0 aliphatic rings. The van der Waals surface area contributed by atoms with E-state index in [4.69, 9.17) is 32.7 Å². The maximum atomic E-state index is 12.0. The summed E-state index contributed by atoms with van der Waals surface area (Å²) in [6.45, 7) is -0.284. The van der Waals surface area contributed by atoms with Crippen molar-refractivity contribution in [3.63, 3.8) is 0 Å². The van der Waals surface area contributed by atoms with E-state index in [9.17, 15) is 4.79 Å². The molecule has 0 spiro atoms. The van der Waals surface area contributed by atoms with Crippen LogP contribution in [0.15, 0.2) is 84.1 Å².